The van der Waals surface area contributed by atoms with Gasteiger partial charge in [0.1, 0.15) is 11.6 Å². The second-order valence-electron chi connectivity index (χ2n) is 5.07. The molecular formula is C16H20ClN3. The molecule has 0 unspecified atom stereocenters. The van der Waals surface area contributed by atoms with Crippen LogP contribution in [0.5, 0.6) is 0 Å². The number of rotatable bonds is 4. The van der Waals surface area contributed by atoms with Crippen molar-refractivity contribution in [2.75, 3.05) is 11.9 Å². The normalized spacial score (nSPS) is 10.9. The largest absolute Gasteiger partial charge is 0.370 e. The zero-order valence-electron chi connectivity index (χ0n) is 12.4. The molecule has 0 aliphatic rings. The Hall–Kier alpha value is -1.61. The summed E-state index contributed by atoms with van der Waals surface area (Å²) in [5, 5.41) is 4.02. The maximum absolute atomic E-state index is 6.31. The Morgan fingerprint density at radius 2 is 1.90 bits per heavy atom. The lowest BCUT2D eigenvalue weighted by molar-refractivity contribution is 0.774. The van der Waals surface area contributed by atoms with Gasteiger partial charge in [-0.1, -0.05) is 43.6 Å². The van der Waals surface area contributed by atoms with E-state index in [2.05, 4.69) is 31.1 Å². The molecule has 0 atom stereocenters. The second kappa shape index (κ2) is 6.23. The second-order valence-corrected chi connectivity index (χ2v) is 5.48. The first-order valence-corrected chi connectivity index (χ1v) is 7.29. The summed E-state index contributed by atoms with van der Waals surface area (Å²) in [4.78, 5) is 9.32. The fourth-order valence-corrected chi connectivity index (χ4v) is 2.27. The molecule has 0 aliphatic carbocycles. The van der Waals surface area contributed by atoms with E-state index in [9.17, 15) is 0 Å². The van der Waals surface area contributed by atoms with Gasteiger partial charge in [-0.05, 0) is 19.9 Å². The lowest BCUT2D eigenvalue weighted by atomic mass is 10.1. The lowest BCUT2D eigenvalue weighted by Gasteiger charge is -2.15. The maximum Gasteiger partial charge on any atom is 0.133 e. The minimum absolute atomic E-state index is 0.272. The van der Waals surface area contributed by atoms with Gasteiger partial charge in [0.25, 0.3) is 0 Å². The van der Waals surface area contributed by atoms with Gasteiger partial charge in [-0.2, -0.15) is 0 Å². The van der Waals surface area contributed by atoms with Gasteiger partial charge in [-0.25, -0.2) is 9.97 Å². The van der Waals surface area contributed by atoms with Crippen LogP contribution in [-0.2, 0) is 0 Å². The molecule has 2 aromatic rings. The van der Waals surface area contributed by atoms with E-state index in [4.69, 9.17) is 16.6 Å². The summed E-state index contributed by atoms with van der Waals surface area (Å²) in [7, 11) is 0. The van der Waals surface area contributed by atoms with Crippen LogP contribution in [0.1, 0.15) is 38.1 Å². The Bertz CT molecular complexity index is 609. The van der Waals surface area contributed by atoms with Crippen LogP contribution >= 0.6 is 11.6 Å². The first-order chi connectivity index (χ1) is 9.54. The number of halogens is 1. The third kappa shape index (κ3) is 2.93. The molecule has 0 radical (unpaired) electrons. The van der Waals surface area contributed by atoms with Crippen molar-refractivity contribution in [3.05, 3.63) is 40.7 Å². The van der Waals surface area contributed by atoms with Crippen molar-refractivity contribution in [3.8, 4) is 11.3 Å². The number of hydrogen-bond donors (Lipinski definition) is 1. The molecular weight excluding hydrogens is 270 g/mol. The zero-order chi connectivity index (χ0) is 14.7. The van der Waals surface area contributed by atoms with E-state index in [0.717, 1.165) is 35.0 Å². The van der Waals surface area contributed by atoms with Crippen molar-refractivity contribution in [1.82, 2.24) is 9.97 Å². The molecule has 2 rings (SSSR count). The standard InChI is InChI=1S/C16H20ClN3/c1-5-18-16-11(4)14(19-15(20-16)10(2)3)12-8-6-7-9-13(12)17/h6-10H,5H2,1-4H3,(H,18,19,20). The number of nitrogens with zero attached hydrogens (tertiary/aromatic N) is 2. The molecule has 0 saturated heterocycles. The highest BCUT2D eigenvalue weighted by Crippen LogP contribution is 2.32. The number of anilines is 1. The third-order valence-corrected chi connectivity index (χ3v) is 3.48. The van der Waals surface area contributed by atoms with Crippen molar-refractivity contribution in [1.29, 1.82) is 0 Å². The third-order valence-electron chi connectivity index (χ3n) is 3.15. The van der Waals surface area contributed by atoms with Gasteiger partial charge in [0.2, 0.25) is 0 Å². The van der Waals surface area contributed by atoms with Gasteiger partial charge in [-0.3, -0.25) is 0 Å². The SMILES string of the molecule is CCNc1nc(C(C)C)nc(-c2ccccc2Cl)c1C. The molecule has 106 valence electrons. The molecule has 1 N–H and O–H groups in total. The van der Waals surface area contributed by atoms with Crippen LogP contribution in [0.4, 0.5) is 5.82 Å². The van der Waals surface area contributed by atoms with Crippen LogP contribution in [0.2, 0.25) is 5.02 Å². The minimum atomic E-state index is 0.272. The molecule has 0 aliphatic heterocycles. The molecule has 1 aromatic carbocycles. The van der Waals surface area contributed by atoms with E-state index in [0.29, 0.717) is 5.02 Å². The monoisotopic (exact) mass is 289 g/mol. The molecule has 1 heterocycles. The first kappa shape index (κ1) is 14.8. The molecule has 0 bridgehead atoms. The molecule has 0 saturated carbocycles. The van der Waals surface area contributed by atoms with Crippen molar-refractivity contribution < 1.29 is 0 Å². The summed E-state index contributed by atoms with van der Waals surface area (Å²) >= 11 is 6.31. The summed E-state index contributed by atoms with van der Waals surface area (Å²) in [6.07, 6.45) is 0. The Morgan fingerprint density at radius 3 is 2.50 bits per heavy atom. The van der Waals surface area contributed by atoms with Crippen molar-refractivity contribution in [2.45, 2.75) is 33.6 Å². The Kier molecular flexibility index (Phi) is 4.61. The molecule has 0 fully saturated rings. The minimum Gasteiger partial charge on any atom is -0.370 e. The van der Waals surface area contributed by atoms with Crippen LogP contribution in [0.15, 0.2) is 24.3 Å². The quantitative estimate of drug-likeness (QED) is 0.889. The van der Waals surface area contributed by atoms with Crippen LogP contribution in [0.25, 0.3) is 11.3 Å². The summed E-state index contributed by atoms with van der Waals surface area (Å²) < 4.78 is 0. The predicted molar refractivity (Wildman–Crippen MR) is 85.5 cm³/mol. The number of aromatic nitrogens is 2. The van der Waals surface area contributed by atoms with E-state index in [1.165, 1.54) is 0 Å². The number of nitrogens with one attached hydrogen (secondary N) is 1. The topological polar surface area (TPSA) is 37.8 Å². The van der Waals surface area contributed by atoms with E-state index >= 15 is 0 Å². The van der Waals surface area contributed by atoms with Gasteiger partial charge in [0.05, 0.1) is 5.69 Å². The van der Waals surface area contributed by atoms with Crippen LogP contribution in [0.3, 0.4) is 0 Å². The molecule has 3 nitrogen and oxygen atoms in total. The highest BCUT2D eigenvalue weighted by Gasteiger charge is 2.15. The van der Waals surface area contributed by atoms with E-state index in [1.807, 2.05) is 31.2 Å². The molecule has 1 aromatic heterocycles. The number of benzene rings is 1. The van der Waals surface area contributed by atoms with Crippen molar-refractivity contribution in [3.63, 3.8) is 0 Å². The Balaban J connectivity index is 2.65. The summed E-state index contributed by atoms with van der Waals surface area (Å²) in [6.45, 7) is 9.11. The van der Waals surface area contributed by atoms with E-state index < -0.39 is 0 Å². The van der Waals surface area contributed by atoms with Gasteiger partial charge >= 0.3 is 0 Å². The average Bonchev–Trinajstić information content (AvgIpc) is 2.42. The van der Waals surface area contributed by atoms with Gasteiger partial charge in [-0.15, -0.1) is 0 Å². The average molecular weight is 290 g/mol. The van der Waals surface area contributed by atoms with E-state index in [-0.39, 0.29) is 5.92 Å². The summed E-state index contributed by atoms with van der Waals surface area (Å²) in [6, 6.07) is 7.79. The lowest BCUT2D eigenvalue weighted by Crippen LogP contribution is -2.09. The van der Waals surface area contributed by atoms with Crippen molar-refractivity contribution in [2.24, 2.45) is 0 Å². The molecule has 0 amide bonds. The van der Waals surface area contributed by atoms with Gasteiger partial charge in [0.15, 0.2) is 0 Å². The van der Waals surface area contributed by atoms with Crippen molar-refractivity contribution >= 4 is 17.4 Å². The highest BCUT2D eigenvalue weighted by molar-refractivity contribution is 6.33. The zero-order valence-corrected chi connectivity index (χ0v) is 13.1. The first-order valence-electron chi connectivity index (χ1n) is 6.91. The Morgan fingerprint density at radius 1 is 1.20 bits per heavy atom. The molecule has 0 spiro atoms. The molecule has 4 heteroatoms. The van der Waals surface area contributed by atoms with Gasteiger partial charge < -0.3 is 5.32 Å². The fraction of sp³-hybridized carbons (Fsp3) is 0.375. The Labute approximate surface area is 125 Å². The van der Waals surface area contributed by atoms with Crippen LogP contribution in [-0.4, -0.2) is 16.5 Å². The van der Waals surface area contributed by atoms with Gasteiger partial charge in [0, 0.05) is 28.6 Å². The summed E-state index contributed by atoms with van der Waals surface area (Å²) in [5.41, 5.74) is 2.89. The fourth-order valence-electron chi connectivity index (χ4n) is 2.05. The smallest absolute Gasteiger partial charge is 0.133 e. The molecule has 20 heavy (non-hydrogen) atoms. The maximum atomic E-state index is 6.31. The van der Waals surface area contributed by atoms with Crippen LogP contribution in [0, 0.1) is 6.92 Å². The highest BCUT2D eigenvalue weighted by atomic mass is 35.5. The number of hydrogen-bond acceptors (Lipinski definition) is 3. The summed E-state index contributed by atoms with van der Waals surface area (Å²) in [5.74, 6) is 2.00. The predicted octanol–water partition coefficient (Wildman–Crippen LogP) is 4.66. The van der Waals surface area contributed by atoms with E-state index in [1.54, 1.807) is 0 Å². The van der Waals surface area contributed by atoms with Crippen LogP contribution < -0.4 is 5.32 Å².